The summed E-state index contributed by atoms with van der Waals surface area (Å²) in [5, 5.41) is 9.88. The Bertz CT molecular complexity index is 493. The molecule has 1 aromatic rings. The van der Waals surface area contributed by atoms with Crippen LogP contribution in [0.4, 0.5) is 0 Å². The van der Waals surface area contributed by atoms with E-state index >= 15 is 0 Å². The normalized spacial score (nSPS) is 29.1. The average molecular weight is 275 g/mol. The number of morpholine rings is 1. The highest BCUT2D eigenvalue weighted by Crippen LogP contribution is 2.36. The van der Waals surface area contributed by atoms with Gasteiger partial charge in [-0.3, -0.25) is 9.69 Å². The molecule has 1 N–H and O–H groups in total. The number of hydrogen-bond acceptors (Lipinski definition) is 3. The Balaban J connectivity index is 1.93. The van der Waals surface area contributed by atoms with Gasteiger partial charge in [-0.15, -0.1) is 0 Å². The minimum atomic E-state index is -0.796. The lowest BCUT2D eigenvalue weighted by molar-refractivity contribution is -0.160. The van der Waals surface area contributed by atoms with Gasteiger partial charge in [0, 0.05) is 25.9 Å². The van der Waals surface area contributed by atoms with Gasteiger partial charge in [-0.2, -0.15) is 0 Å². The summed E-state index contributed by atoms with van der Waals surface area (Å²) in [4.78, 5) is 14.1. The molecule has 0 radical (unpaired) electrons. The number of carbonyl (C=O) groups is 1. The number of fused-ring (bicyclic) bond motifs is 1. The molecule has 1 fully saturated rings. The second-order valence-corrected chi connectivity index (χ2v) is 6.12. The first-order chi connectivity index (χ1) is 9.51. The Labute approximate surface area is 119 Å². The molecule has 1 saturated heterocycles. The van der Waals surface area contributed by atoms with E-state index in [9.17, 15) is 9.90 Å². The first kappa shape index (κ1) is 13.6. The summed E-state index contributed by atoms with van der Waals surface area (Å²) < 4.78 is 5.74. The van der Waals surface area contributed by atoms with Crippen molar-refractivity contribution in [2.75, 3.05) is 13.1 Å². The van der Waals surface area contributed by atoms with E-state index in [4.69, 9.17) is 4.74 Å². The van der Waals surface area contributed by atoms with Crippen molar-refractivity contribution in [2.45, 2.75) is 44.4 Å². The zero-order valence-corrected chi connectivity index (χ0v) is 12.0. The highest BCUT2D eigenvalue weighted by atomic mass is 16.5. The fourth-order valence-corrected chi connectivity index (χ4v) is 3.63. The third-order valence-corrected chi connectivity index (χ3v) is 4.51. The van der Waals surface area contributed by atoms with Crippen LogP contribution in [0.15, 0.2) is 24.3 Å². The Morgan fingerprint density at radius 1 is 1.20 bits per heavy atom. The van der Waals surface area contributed by atoms with Gasteiger partial charge in [-0.05, 0) is 25.0 Å². The molecule has 3 rings (SSSR count). The molecular weight excluding hydrogens is 254 g/mol. The molecular formula is C16H21NO3. The van der Waals surface area contributed by atoms with Crippen molar-refractivity contribution in [1.29, 1.82) is 0 Å². The summed E-state index contributed by atoms with van der Waals surface area (Å²) in [6, 6.07) is 8.07. The summed E-state index contributed by atoms with van der Waals surface area (Å²) in [6.45, 7) is 5.40. The molecule has 0 unspecified atom stereocenters. The highest BCUT2D eigenvalue weighted by Gasteiger charge is 2.50. The van der Waals surface area contributed by atoms with Gasteiger partial charge in [0.2, 0.25) is 0 Å². The van der Waals surface area contributed by atoms with E-state index in [0.29, 0.717) is 25.9 Å². The van der Waals surface area contributed by atoms with Gasteiger partial charge in [0.1, 0.15) is 5.54 Å². The molecule has 2 atom stereocenters. The summed E-state index contributed by atoms with van der Waals surface area (Å²) in [7, 11) is 0. The second-order valence-electron chi connectivity index (χ2n) is 6.12. The second kappa shape index (κ2) is 4.86. The van der Waals surface area contributed by atoms with Crippen molar-refractivity contribution in [3.63, 3.8) is 0 Å². The van der Waals surface area contributed by atoms with Crippen LogP contribution in [-0.4, -0.2) is 46.8 Å². The standard InChI is InChI=1S/C16H21NO3/c1-11-9-17(10-12(2)20-11)16(15(18)19)7-13-5-3-4-6-14(13)8-16/h3-6,11-12H,7-10H2,1-2H3,(H,18,19)/t11-,12+. The highest BCUT2D eigenvalue weighted by molar-refractivity contribution is 5.81. The Hall–Kier alpha value is -1.39. The predicted octanol–water partition coefficient (Wildman–Crippen LogP) is 1.72. The van der Waals surface area contributed by atoms with E-state index in [0.717, 1.165) is 0 Å². The van der Waals surface area contributed by atoms with Crippen molar-refractivity contribution in [3.8, 4) is 0 Å². The number of benzene rings is 1. The third-order valence-electron chi connectivity index (χ3n) is 4.51. The van der Waals surface area contributed by atoms with Crippen molar-refractivity contribution >= 4 is 5.97 Å². The lowest BCUT2D eigenvalue weighted by atomic mass is 9.91. The average Bonchev–Trinajstić information content (AvgIpc) is 2.78. The zero-order chi connectivity index (χ0) is 14.3. The van der Waals surface area contributed by atoms with Gasteiger partial charge in [0.15, 0.2) is 0 Å². The van der Waals surface area contributed by atoms with Gasteiger partial charge in [0.25, 0.3) is 0 Å². The molecule has 0 saturated carbocycles. The van der Waals surface area contributed by atoms with Crippen LogP contribution < -0.4 is 0 Å². The van der Waals surface area contributed by atoms with Crippen LogP contribution >= 0.6 is 0 Å². The van der Waals surface area contributed by atoms with Crippen LogP contribution in [-0.2, 0) is 22.4 Å². The number of aliphatic carboxylic acids is 1. The van der Waals surface area contributed by atoms with Crippen molar-refractivity contribution in [1.82, 2.24) is 4.90 Å². The van der Waals surface area contributed by atoms with Gasteiger partial charge in [0.05, 0.1) is 12.2 Å². The molecule has 0 amide bonds. The minimum absolute atomic E-state index is 0.0821. The summed E-state index contributed by atoms with van der Waals surface area (Å²) in [6.07, 6.45) is 1.35. The van der Waals surface area contributed by atoms with E-state index in [1.165, 1.54) is 11.1 Å². The lowest BCUT2D eigenvalue weighted by Crippen LogP contribution is -2.61. The van der Waals surface area contributed by atoms with Gasteiger partial charge < -0.3 is 9.84 Å². The number of carboxylic acid groups (broad SMARTS) is 1. The molecule has 20 heavy (non-hydrogen) atoms. The third kappa shape index (κ3) is 2.13. The molecule has 0 aromatic heterocycles. The zero-order valence-electron chi connectivity index (χ0n) is 12.0. The summed E-state index contributed by atoms with van der Waals surface area (Å²) in [5.74, 6) is -0.713. The van der Waals surface area contributed by atoms with E-state index in [1.54, 1.807) is 0 Å². The Morgan fingerprint density at radius 3 is 2.15 bits per heavy atom. The number of ether oxygens (including phenoxy) is 1. The summed E-state index contributed by atoms with van der Waals surface area (Å²) in [5.41, 5.74) is 1.54. The first-order valence-electron chi connectivity index (χ1n) is 7.22. The van der Waals surface area contributed by atoms with E-state index in [1.807, 2.05) is 38.1 Å². The first-order valence-corrected chi connectivity index (χ1v) is 7.22. The number of rotatable bonds is 2. The van der Waals surface area contributed by atoms with Crippen LogP contribution in [0.1, 0.15) is 25.0 Å². The SMILES string of the molecule is C[C@@H]1CN(C2(C(=O)O)Cc3ccccc3C2)C[C@H](C)O1. The van der Waals surface area contributed by atoms with Crippen LogP contribution in [0, 0.1) is 0 Å². The molecule has 2 aliphatic rings. The quantitative estimate of drug-likeness (QED) is 0.893. The molecule has 0 spiro atoms. The van der Waals surface area contributed by atoms with E-state index in [2.05, 4.69) is 4.90 Å². The van der Waals surface area contributed by atoms with Gasteiger partial charge in [-0.1, -0.05) is 24.3 Å². The topological polar surface area (TPSA) is 49.8 Å². The monoisotopic (exact) mass is 275 g/mol. The smallest absolute Gasteiger partial charge is 0.324 e. The number of nitrogens with zero attached hydrogens (tertiary/aromatic N) is 1. The predicted molar refractivity (Wildman–Crippen MR) is 75.8 cm³/mol. The molecule has 1 aliphatic heterocycles. The fraction of sp³-hybridized carbons (Fsp3) is 0.562. The maximum atomic E-state index is 12.0. The lowest BCUT2D eigenvalue weighted by Gasteiger charge is -2.44. The molecule has 4 heteroatoms. The molecule has 1 aromatic carbocycles. The maximum absolute atomic E-state index is 12.0. The van der Waals surface area contributed by atoms with Crippen molar-refractivity contribution < 1.29 is 14.6 Å². The van der Waals surface area contributed by atoms with Gasteiger partial charge in [-0.25, -0.2) is 0 Å². The largest absolute Gasteiger partial charge is 0.480 e. The molecule has 4 nitrogen and oxygen atoms in total. The molecule has 1 heterocycles. The van der Waals surface area contributed by atoms with Crippen LogP contribution in [0.25, 0.3) is 0 Å². The fourth-order valence-electron chi connectivity index (χ4n) is 3.63. The van der Waals surface area contributed by atoms with Crippen LogP contribution in [0.5, 0.6) is 0 Å². The molecule has 0 bridgehead atoms. The summed E-state index contributed by atoms with van der Waals surface area (Å²) >= 11 is 0. The maximum Gasteiger partial charge on any atom is 0.324 e. The Morgan fingerprint density at radius 2 is 1.70 bits per heavy atom. The van der Waals surface area contributed by atoms with Crippen LogP contribution in [0.3, 0.4) is 0 Å². The molecule has 108 valence electrons. The van der Waals surface area contributed by atoms with Crippen molar-refractivity contribution in [3.05, 3.63) is 35.4 Å². The van der Waals surface area contributed by atoms with Gasteiger partial charge >= 0.3 is 5.97 Å². The van der Waals surface area contributed by atoms with Crippen LogP contribution in [0.2, 0.25) is 0 Å². The van der Waals surface area contributed by atoms with Crippen molar-refractivity contribution in [2.24, 2.45) is 0 Å². The minimum Gasteiger partial charge on any atom is -0.480 e. The van der Waals surface area contributed by atoms with E-state index in [-0.39, 0.29) is 12.2 Å². The number of hydrogen-bond donors (Lipinski definition) is 1. The molecule has 1 aliphatic carbocycles. The van der Waals surface area contributed by atoms with E-state index < -0.39 is 11.5 Å². The Kier molecular flexibility index (Phi) is 3.30. The number of carboxylic acids is 1.